The molecule has 0 aliphatic carbocycles. The van der Waals surface area contributed by atoms with E-state index in [-0.39, 0.29) is 0 Å². The molecule has 76 valence electrons. The Labute approximate surface area is 89.3 Å². The Kier molecular flexibility index (Phi) is 2.99. The Hall–Kier alpha value is -0.670. The van der Waals surface area contributed by atoms with Crippen molar-refractivity contribution in [2.75, 3.05) is 17.6 Å². The SMILES string of the molecule is CCc1cccc2c1NC(CN)CS2. The molecule has 0 amide bonds. The summed E-state index contributed by atoms with van der Waals surface area (Å²) >= 11 is 1.91. The Bertz CT molecular complexity index is 311. The van der Waals surface area contributed by atoms with Crippen LogP contribution in [-0.4, -0.2) is 18.3 Å². The van der Waals surface area contributed by atoms with Gasteiger partial charge in [-0.25, -0.2) is 0 Å². The molecule has 1 atom stereocenters. The smallest absolute Gasteiger partial charge is 0.0513 e. The van der Waals surface area contributed by atoms with Gasteiger partial charge in [-0.1, -0.05) is 19.1 Å². The maximum Gasteiger partial charge on any atom is 0.0513 e. The van der Waals surface area contributed by atoms with Crippen molar-refractivity contribution in [3.8, 4) is 0 Å². The molecule has 0 saturated heterocycles. The van der Waals surface area contributed by atoms with E-state index in [1.807, 2.05) is 11.8 Å². The number of anilines is 1. The third-order valence-electron chi connectivity index (χ3n) is 2.57. The highest BCUT2D eigenvalue weighted by molar-refractivity contribution is 7.99. The minimum atomic E-state index is 0.431. The molecular formula is C11H16N2S. The lowest BCUT2D eigenvalue weighted by Gasteiger charge is -2.27. The molecule has 1 aromatic rings. The number of nitrogens with two attached hydrogens (primary N) is 1. The summed E-state index contributed by atoms with van der Waals surface area (Å²) in [5.74, 6) is 1.08. The number of rotatable bonds is 2. The summed E-state index contributed by atoms with van der Waals surface area (Å²) in [6, 6.07) is 6.93. The summed E-state index contributed by atoms with van der Waals surface area (Å²) < 4.78 is 0. The predicted octanol–water partition coefficient (Wildman–Crippen LogP) is 2.09. The van der Waals surface area contributed by atoms with Gasteiger partial charge in [0.15, 0.2) is 0 Å². The summed E-state index contributed by atoms with van der Waals surface area (Å²) in [5.41, 5.74) is 8.38. The van der Waals surface area contributed by atoms with Crippen LogP contribution in [0.25, 0.3) is 0 Å². The number of para-hydroxylation sites is 1. The number of hydrogen-bond donors (Lipinski definition) is 2. The molecule has 1 aromatic carbocycles. The maximum absolute atomic E-state index is 5.68. The van der Waals surface area contributed by atoms with Gasteiger partial charge in [0, 0.05) is 23.2 Å². The van der Waals surface area contributed by atoms with Gasteiger partial charge >= 0.3 is 0 Å². The largest absolute Gasteiger partial charge is 0.379 e. The number of benzene rings is 1. The van der Waals surface area contributed by atoms with Crippen molar-refractivity contribution in [1.82, 2.24) is 0 Å². The average molecular weight is 208 g/mol. The highest BCUT2D eigenvalue weighted by Crippen LogP contribution is 2.35. The van der Waals surface area contributed by atoms with E-state index < -0.39 is 0 Å². The van der Waals surface area contributed by atoms with E-state index in [9.17, 15) is 0 Å². The number of hydrogen-bond acceptors (Lipinski definition) is 3. The Balaban J connectivity index is 2.33. The van der Waals surface area contributed by atoms with E-state index in [0.29, 0.717) is 12.6 Å². The van der Waals surface area contributed by atoms with Crippen molar-refractivity contribution in [2.45, 2.75) is 24.3 Å². The molecule has 1 aliphatic rings. The highest BCUT2D eigenvalue weighted by atomic mass is 32.2. The molecular weight excluding hydrogens is 192 g/mol. The minimum absolute atomic E-state index is 0.431. The number of fused-ring (bicyclic) bond motifs is 1. The van der Waals surface area contributed by atoms with E-state index in [0.717, 1.165) is 12.2 Å². The molecule has 1 aliphatic heterocycles. The van der Waals surface area contributed by atoms with Crippen LogP contribution in [0.5, 0.6) is 0 Å². The molecule has 1 heterocycles. The first kappa shape index (κ1) is 9.87. The summed E-state index contributed by atoms with van der Waals surface area (Å²) in [6.45, 7) is 2.90. The van der Waals surface area contributed by atoms with Crippen LogP contribution in [0, 0.1) is 0 Å². The molecule has 0 spiro atoms. The molecule has 0 fully saturated rings. The fraction of sp³-hybridized carbons (Fsp3) is 0.455. The van der Waals surface area contributed by atoms with E-state index in [1.165, 1.54) is 16.1 Å². The minimum Gasteiger partial charge on any atom is -0.379 e. The first-order chi connectivity index (χ1) is 6.85. The third-order valence-corrected chi connectivity index (χ3v) is 3.79. The van der Waals surface area contributed by atoms with Crippen molar-refractivity contribution in [1.29, 1.82) is 0 Å². The van der Waals surface area contributed by atoms with Gasteiger partial charge in [-0.05, 0) is 18.1 Å². The Morgan fingerprint density at radius 2 is 2.43 bits per heavy atom. The fourth-order valence-electron chi connectivity index (χ4n) is 1.72. The normalized spacial score (nSPS) is 20.0. The van der Waals surface area contributed by atoms with Crippen molar-refractivity contribution >= 4 is 17.4 Å². The molecule has 0 saturated carbocycles. The van der Waals surface area contributed by atoms with E-state index in [4.69, 9.17) is 5.73 Å². The number of aryl methyl sites for hydroxylation is 1. The fourth-order valence-corrected chi connectivity index (χ4v) is 2.83. The van der Waals surface area contributed by atoms with Gasteiger partial charge in [-0.3, -0.25) is 0 Å². The second-order valence-corrected chi connectivity index (χ2v) is 4.59. The van der Waals surface area contributed by atoms with E-state index >= 15 is 0 Å². The second-order valence-electron chi connectivity index (χ2n) is 3.53. The summed E-state index contributed by atoms with van der Waals surface area (Å²) in [5, 5.41) is 3.52. The summed E-state index contributed by atoms with van der Waals surface area (Å²) in [4.78, 5) is 1.37. The van der Waals surface area contributed by atoms with Gasteiger partial charge in [0.2, 0.25) is 0 Å². The lowest BCUT2D eigenvalue weighted by Crippen LogP contribution is -2.33. The van der Waals surface area contributed by atoms with Crippen molar-refractivity contribution in [3.05, 3.63) is 23.8 Å². The third kappa shape index (κ3) is 1.74. The summed E-state index contributed by atoms with van der Waals surface area (Å²) in [6.07, 6.45) is 1.08. The standard InChI is InChI=1S/C11H16N2S/c1-2-8-4-3-5-10-11(8)13-9(6-12)7-14-10/h3-5,9,13H,2,6-7,12H2,1H3. The van der Waals surface area contributed by atoms with Gasteiger partial charge in [0.25, 0.3) is 0 Å². The maximum atomic E-state index is 5.68. The van der Waals surface area contributed by atoms with Crippen molar-refractivity contribution < 1.29 is 0 Å². The van der Waals surface area contributed by atoms with Crippen LogP contribution in [-0.2, 0) is 6.42 Å². The van der Waals surface area contributed by atoms with Crippen LogP contribution in [0.1, 0.15) is 12.5 Å². The zero-order chi connectivity index (χ0) is 9.97. The Morgan fingerprint density at radius 1 is 1.57 bits per heavy atom. The highest BCUT2D eigenvalue weighted by Gasteiger charge is 2.18. The van der Waals surface area contributed by atoms with Gasteiger partial charge in [0.05, 0.1) is 5.69 Å². The molecule has 2 rings (SSSR count). The first-order valence-electron chi connectivity index (χ1n) is 5.06. The lowest BCUT2D eigenvalue weighted by atomic mass is 10.1. The van der Waals surface area contributed by atoms with Gasteiger partial charge in [-0.15, -0.1) is 11.8 Å². The molecule has 2 nitrogen and oxygen atoms in total. The van der Waals surface area contributed by atoms with Crippen LogP contribution in [0.4, 0.5) is 5.69 Å². The van der Waals surface area contributed by atoms with Gasteiger partial charge < -0.3 is 11.1 Å². The van der Waals surface area contributed by atoms with Crippen molar-refractivity contribution in [3.63, 3.8) is 0 Å². The molecule has 0 radical (unpaired) electrons. The van der Waals surface area contributed by atoms with E-state index in [2.05, 4.69) is 30.4 Å². The molecule has 3 heteroatoms. The molecule has 0 bridgehead atoms. The monoisotopic (exact) mass is 208 g/mol. The quantitative estimate of drug-likeness (QED) is 0.781. The van der Waals surface area contributed by atoms with Crippen LogP contribution in [0.15, 0.2) is 23.1 Å². The topological polar surface area (TPSA) is 38.0 Å². The predicted molar refractivity (Wildman–Crippen MR) is 63.0 cm³/mol. The van der Waals surface area contributed by atoms with Crippen LogP contribution in [0.3, 0.4) is 0 Å². The molecule has 14 heavy (non-hydrogen) atoms. The first-order valence-corrected chi connectivity index (χ1v) is 6.05. The lowest BCUT2D eigenvalue weighted by molar-refractivity contribution is 0.799. The second kappa shape index (κ2) is 4.24. The summed E-state index contributed by atoms with van der Waals surface area (Å²) in [7, 11) is 0. The van der Waals surface area contributed by atoms with Gasteiger partial charge in [-0.2, -0.15) is 0 Å². The average Bonchev–Trinajstić information content (AvgIpc) is 2.27. The molecule has 1 unspecified atom stereocenters. The Morgan fingerprint density at radius 3 is 3.14 bits per heavy atom. The van der Waals surface area contributed by atoms with Crippen LogP contribution in [0.2, 0.25) is 0 Å². The number of nitrogens with one attached hydrogen (secondary N) is 1. The molecule has 0 aromatic heterocycles. The van der Waals surface area contributed by atoms with Crippen molar-refractivity contribution in [2.24, 2.45) is 5.73 Å². The van der Waals surface area contributed by atoms with Gasteiger partial charge in [0.1, 0.15) is 0 Å². The zero-order valence-electron chi connectivity index (χ0n) is 8.42. The molecule has 3 N–H and O–H groups in total. The van der Waals surface area contributed by atoms with Crippen LogP contribution >= 0.6 is 11.8 Å². The van der Waals surface area contributed by atoms with Crippen LogP contribution < -0.4 is 11.1 Å². The number of thioether (sulfide) groups is 1. The zero-order valence-corrected chi connectivity index (χ0v) is 9.23. The van der Waals surface area contributed by atoms with E-state index in [1.54, 1.807) is 0 Å².